The van der Waals surface area contributed by atoms with Gasteiger partial charge in [0.15, 0.2) is 0 Å². The Hall–Kier alpha value is -2.26. The van der Waals surface area contributed by atoms with Gasteiger partial charge in [0, 0.05) is 11.1 Å². The summed E-state index contributed by atoms with van der Waals surface area (Å²) in [6, 6.07) is 17.3. The Morgan fingerprint density at radius 3 is 1.78 bits per heavy atom. The van der Waals surface area contributed by atoms with Crippen LogP contribution >= 0.6 is 0 Å². The van der Waals surface area contributed by atoms with Crippen LogP contribution in [-0.4, -0.2) is 0 Å². The molecule has 0 amide bonds. The molecular formula is C23H26. The van der Waals surface area contributed by atoms with E-state index in [1.165, 1.54) is 24.0 Å². The summed E-state index contributed by atoms with van der Waals surface area (Å²) >= 11 is 0. The standard InChI is InChI=1S/C23H26/c1-3-5-6-7-9-21-12-16-23(17-13-21)19-18-22-14-10-20(8-4-2)11-15-22/h3,5,10-17H,4,6-9H2,1-2H3. The third-order valence-electron chi connectivity index (χ3n) is 3.87. The molecule has 0 N–H and O–H groups in total. The van der Waals surface area contributed by atoms with Gasteiger partial charge in [0.25, 0.3) is 0 Å². The molecule has 0 radical (unpaired) electrons. The number of unbranched alkanes of at least 4 members (excludes halogenated alkanes) is 1. The van der Waals surface area contributed by atoms with Gasteiger partial charge in [-0.05, 0) is 68.0 Å². The molecule has 0 fully saturated rings. The van der Waals surface area contributed by atoms with Gasteiger partial charge in [0.1, 0.15) is 0 Å². The average molecular weight is 302 g/mol. The van der Waals surface area contributed by atoms with E-state index in [0.29, 0.717) is 0 Å². The van der Waals surface area contributed by atoms with Crippen LogP contribution in [0.5, 0.6) is 0 Å². The van der Waals surface area contributed by atoms with Crippen molar-refractivity contribution in [1.29, 1.82) is 0 Å². The van der Waals surface area contributed by atoms with Crippen LogP contribution in [-0.2, 0) is 12.8 Å². The summed E-state index contributed by atoms with van der Waals surface area (Å²) in [7, 11) is 0. The summed E-state index contributed by atoms with van der Waals surface area (Å²) in [5.41, 5.74) is 4.95. The molecule has 0 saturated carbocycles. The molecule has 0 saturated heterocycles. The van der Waals surface area contributed by atoms with Crippen molar-refractivity contribution in [2.45, 2.75) is 46.0 Å². The molecule has 0 bridgehead atoms. The molecule has 0 aliphatic carbocycles. The molecule has 23 heavy (non-hydrogen) atoms. The molecule has 0 unspecified atom stereocenters. The number of rotatable bonds is 6. The Labute approximate surface area is 141 Å². The summed E-state index contributed by atoms with van der Waals surface area (Å²) in [5.74, 6) is 6.51. The molecule has 0 heterocycles. The van der Waals surface area contributed by atoms with E-state index in [0.717, 1.165) is 30.4 Å². The lowest BCUT2D eigenvalue weighted by molar-refractivity contribution is 0.842. The number of hydrogen-bond donors (Lipinski definition) is 0. The number of aryl methyl sites for hydroxylation is 2. The molecule has 0 aliphatic rings. The van der Waals surface area contributed by atoms with Crippen molar-refractivity contribution in [3.05, 3.63) is 82.9 Å². The third-order valence-corrected chi connectivity index (χ3v) is 3.87. The van der Waals surface area contributed by atoms with Crippen LogP contribution in [0.1, 0.15) is 55.4 Å². The molecule has 0 spiro atoms. The maximum atomic E-state index is 3.25. The Balaban J connectivity index is 1.93. The predicted octanol–water partition coefficient (Wildman–Crippen LogP) is 5.94. The molecule has 0 nitrogen and oxygen atoms in total. The molecular weight excluding hydrogens is 276 g/mol. The fourth-order valence-corrected chi connectivity index (χ4v) is 2.53. The zero-order chi connectivity index (χ0) is 16.3. The Morgan fingerprint density at radius 1 is 0.783 bits per heavy atom. The Kier molecular flexibility index (Phi) is 7.21. The minimum absolute atomic E-state index is 1.08. The quantitative estimate of drug-likeness (QED) is 0.352. The van der Waals surface area contributed by atoms with Crippen LogP contribution < -0.4 is 0 Å². The van der Waals surface area contributed by atoms with Crippen molar-refractivity contribution in [3.8, 4) is 11.8 Å². The highest BCUT2D eigenvalue weighted by Crippen LogP contribution is 2.09. The topological polar surface area (TPSA) is 0 Å². The van der Waals surface area contributed by atoms with Gasteiger partial charge in [-0.25, -0.2) is 0 Å². The first-order chi connectivity index (χ1) is 11.3. The summed E-state index contributed by atoms with van der Waals surface area (Å²) in [4.78, 5) is 0. The summed E-state index contributed by atoms with van der Waals surface area (Å²) in [6.45, 7) is 4.28. The number of allylic oxidation sites excluding steroid dienone is 2. The van der Waals surface area contributed by atoms with Gasteiger partial charge in [0.05, 0.1) is 0 Å². The number of benzene rings is 2. The normalized spacial score (nSPS) is 10.5. The van der Waals surface area contributed by atoms with Crippen molar-refractivity contribution >= 4 is 0 Å². The van der Waals surface area contributed by atoms with Crippen molar-refractivity contribution in [2.75, 3.05) is 0 Å². The molecule has 0 aromatic heterocycles. The van der Waals surface area contributed by atoms with E-state index in [1.807, 2.05) is 0 Å². The van der Waals surface area contributed by atoms with Gasteiger partial charge in [-0.15, -0.1) is 0 Å². The van der Waals surface area contributed by atoms with E-state index in [-0.39, 0.29) is 0 Å². The largest absolute Gasteiger partial charge is 0.0917 e. The molecule has 2 rings (SSSR count). The zero-order valence-electron chi connectivity index (χ0n) is 14.3. The molecule has 0 heteroatoms. The van der Waals surface area contributed by atoms with Crippen molar-refractivity contribution in [3.63, 3.8) is 0 Å². The van der Waals surface area contributed by atoms with Crippen LogP contribution in [0, 0.1) is 11.8 Å². The summed E-state index contributed by atoms with van der Waals surface area (Å²) in [6.07, 6.45) is 10.2. The van der Waals surface area contributed by atoms with E-state index >= 15 is 0 Å². The van der Waals surface area contributed by atoms with Crippen LogP contribution in [0.3, 0.4) is 0 Å². The molecule has 2 aromatic rings. The van der Waals surface area contributed by atoms with Gasteiger partial charge in [-0.1, -0.05) is 61.6 Å². The van der Waals surface area contributed by atoms with Gasteiger partial charge in [0.2, 0.25) is 0 Å². The number of hydrogen-bond acceptors (Lipinski definition) is 0. The monoisotopic (exact) mass is 302 g/mol. The van der Waals surface area contributed by atoms with E-state index in [1.54, 1.807) is 0 Å². The van der Waals surface area contributed by atoms with Gasteiger partial charge < -0.3 is 0 Å². The summed E-state index contributed by atoms with van der Waals surface area (Å²) in [5, 5.41) is 0. The van der Waals surface area contributed by atoms with E-state index < -0.39 is 0 Å². The second kappa shape index (κ2) is 9.70. The third kappa shape index (κ3) is 6.17. The second-order valence-corrected chi connectivity index (χ2v) is 5.86. The first-order valence-corrected chi connectivity index (χ1v) is 8.63. The zero-order valence-corrected chi connectivity index (χ0v) is 14.3. The van der Waals surface area contributed by atoms with E-state index in [2.05, 4.69) is 86.4 Å². The van der Waals surface area contributed by atoms with Crippen LogP contribution in [0.2, 0.25) is 0 Å². The highest BCUT2D eigenvalue weighted by Gasteiger charge is 1.94. The van der Waals surface area contributed by atoms with E-state index in [9.17, 15) is 0 Å². The van der Waals surface area contributed by atoms with E-state index in [4.69, 9.17) is 0 Å². The van der Waals surface area contributed by atoms with Gasteiger partial charge >= 0.3 is 0 Å². The lowest BCUT2D eigenvalue weighted by Gasteiger charge is -2.00. The highest BCUT2D eigenvalue weighted by molar-refractivity contribution is 5.44. The predicted molar refractivity (Wildman–Crippen MR) is 101 cm³/mol. The fourth-order valence-electron chi connectivity index (χ4n) is 2.53. The van der Waals surface area contributed by atoms with Crippen LogP contribution in [0.15, 0.2) is 60.7 Å². The van der Waals surface area contributed by atoms with Gasteiger partial charge in [-0.2, -0.15) is 0 Å². The van der Waals surface area contributed by atoms with Crippen molar-refractivity contribution in [1.82, 2.24) is 0 Å². The average Bonchev–Trinajstić information content (AvgIpc) is 2.59. The first-order valence-electron chi connectivity index (χ1n) is 8.63. The van der Waals surface area contributed by atoms with Gasteiger partial charge in [-0.3, -0.25) is 0 Å². The maximum Gasteiger partial charge on any atom is 0.0249 e. The highest BCUT2D eigenvalue weighted by atomic mass is 14.0. The molecule has 2 aromatic carbocycles. The molecule has 118 valence electrons. The smallest absolute Gasteiger partial charge is 0.0249 e. The Morgan fingerprint density at radius 2 is 1.30 bits per heavy atom. The van der Waals surface area contributed by atoms with Crippen molar-refractivity contribution in [2.24, 2.45) is 0 Å². The molecule has 0 atom stereocenters. The lowest BCUT2D eigenvalue weighted by Crippen LogP contribution is -1.85. The molecule has 0 aliphatic heterocycles. The second-order valence-electron chi connectivity index (χ2n) is 5.86. The fraction of sp³-hybridized carbons (Fsp3) is 0.304. The SMILES string of the molecule is CC=CCCCc1ccc(C#Cc2ccc(CCC)cc2)cc1. The Bertz CT molecular complexity index is 661. The first kappa shape index (κ1) is 17.1. The summed E-state index contributed by atoms with van der Waals surface area (Å²) < 4.78 is 0. The van der Waals surface area contributed by atoms with Crippen molar-refractivity contribution < 1.29 is 0 Å². The minimum Gasteiger partial charge on any atom is -0.0917 e. The minimum atomic E-state index is 1.08. The van der Waals surface area contributed by atoms with Crippen LogP contribution in [0.25, 0.3) is 0 Å². The van der Waals surface area contributed by atoms with Crippen LogP contribution in [0.4, 0.5) is 0 Å². The lowest BCUT2D eigenvalue weighted by atomic mass is 10.1. The maximum absolute atomic E-state index is 3.25.